The molecule has 1 fully saturated rings. The molecule has 0 radical (unpaired) electrons. The van der Waals surface area contributed by atoms with Crippen LogP contribution in [0.25, 0.3) is 6.08 Å². The number of nitro groups is 2. The topological polar surface area (TPSA) is 188 Å². The van der Waals surface area contributed by atoms with E-state index in [-0.39, 0.29) is 32.8 Å². The lowest BCUT2D eigenvalue weighted by Crippen LogP contribution is -2.54. The number of rotatable bonds is 7. The summed E-state index contributed by atoms with van der Waals surface area (Å²) in [6.45, 7) is 0. The Balaban J connectivity index is 1.78. The number of ether oxygens (including phenoxy) is 2. The van der Waals surface area contributed by atoms with Crippen LogP contribution in [0, 0.1) is 20.2 Å². The normalized spacial score (nSPS) is 14.1. The molecule has 1 N–H and O–H groups in total. The molecule has 16 heteroatoms. The molecule has 208 valence electrons. The van der Waals surface area contributed by atoms with Crippen molar-refractivity contribution in [3.63, 3.8) is 0 Å². The molecule has 1 aliphatic heterocycles. The van der Waals surface area contributed by atoms with Gasteiger partial charge < -0.3 is 9.47 Å². The van der Waals surface area contributed by atoms with Crippen molar-refractivity contribution in [3.8, 4) is 11.5 Å². The number of halogens is 2. The number of amides is 4. The fourth-order valence-corrected chi connectivity index (χ4v) is 5.00. The first-order valence-electron chi connectivity index (χ1n) is 11.1. The van der Waals surface area contributed by atoms with Gasteiger partial charge in [-0.3, -0.25) is 35.1 Å². The maximum Gasteiger partial charge on any atom is 0.337 e. The summed E-state index contributed by atoms with van der Waals surface area (Å²) >= 11 is 6.57. The molecule has 1 heterocycles. The van der Waals surface area contributed by atoms with E-state index in [2.05, 4.69) is 41.9 Å². The maximum atomic E-state index is 13.4. The number of imide groups is 2. The fourth-order valence-electron chi connectivity index (χ4n) is 3.67. The zero-order valence-electron chi connectivity index (χ0n) is 20.5. The number of nitrogens with zero attached hydrogens (tertiary/aromatic N) is 3. The van der Waals surface area contributed by atoms with E-state index >= 15 is 0 Å². The number of hydrogen-bond donors (Lipinski definition) is 1. The molecule has 0 unspecified atom stereocenters. The standard InChI is InChI=1S/C25H14Br2N4O10/c1-40-24(34)12-2-4-15(5-3-12)29-23(33)17(22(32)28-25(29)35)9-13-8-14(26)10-18(27)21(13)41-20-7-6-16(30(36)37)11-19(20)31(38)39/h2-11H,1H3,(H,28,32,35)/b17-9+. The average molecular weight is 690 g/mol. The number of non-ortho nitro benzene ring substituents is 1. The number of anilines is 1. The Bertz CT molecular complexity index is 1690. The highest BCUT2D eigenvalue weighted by atomic mass is 79.9. The van der Waals surface area contributed by atoms with Gasteiger partial charge >= 0.3 is 17.7 Å². The number of methoxy groups -OCH3 is 1. The second-order valence-corrected chi connectivity index (χ2v) is 9.84. The number of barbiturate groups is 1. The first-order chi connectivity index (χ1) is 19.4. The highest BCUT2D eigenvalue weighted by Crippen LogP contribution is 2.41. The zero-order chi connectivity index (χ0) is 30.0. The molecule has 3 aromatic rings. The third kappa shape index (κ3) is 5.97. The summed E-state index contributed by atoms with van der Waals surface area (Å²) in [6, 6.07) is 10.0. The molecule has 0 aliphatic carbocycles. The lowest BCUT2D eigenvalue weighted by Gasteiger charge is -2.26. The van der Waals surface area contributed by atoms with Crippen molar-refractivity contribution in [1.29, 1.82) is 0 Å². The van der Waals surface area contributed by atoms with Gasteiger partial charge in [0.1, 0.15) is 11.3 Å². The summed E-state index contributed by atoms with van der Waals surface area (Å²) in [6.07, 6.45) is 1.11. The third-order valence-corrected chi connectivity index (χ3v) is 6.59. The first kappa shape index (κ1) is 29.0. The van der Waals surface area contributed by atoms with Crippen LogP contribution >= 0.6 is 31.9 Å². The van der Waals surface area contributed by atoms with Gasteiger partial charge in [-0.2, -0.15) is 0 Å². The van der Waals surface area contributed by atoms with Crippen LogP contribution < -0.4 is 15.0 Å². The summed E-state index contributed by atoms with van der Waals surface area (Å²) in [4.78, 5) is 72.1. The smallest absolute Gasteiger partial charge is 0.337 e. The van der Waals surface area contributed by atoms with Gasteiger partial charge in [0.2, 0.25) is 5.75 Å². The van der Waals surface area contributed by atoms with E-state index in [0.29, 0.717) is 9.37 Å². The predicted molar refractivity (Wildman–Crippen MR) is 148 cm³/mol. The number of urea groups is 1. The van der Waals surface area contributed by atoms with E-state index in [1.165, 1.54) is 43.5 Å². The summed E-state index contributed by atoms with van der Waals surface area (Å²) in [5.74, 6) is -3.10. The van der Waals surface area contributed by atoms with Gasteiger partial charge in [-0.05, 0) is 64.5 Å². The predicted octanol–water partition coefficient (Wildman–Crippen LogP) is 5.27. The van der Waals surface area contributed by atoms with Crippen molar-refractivity contribution in [3.05, 3.63) is 100 Å². The molecule has 0 atom stereocenters. The lowest BCUT2D eigenvalue weighted by atomic mass is 10.1. The van der Waals surface area contributed by atoms with Crippen LogP contribution in [0.15, 0.2) is 69.1 Å². The molecule has 1 saturated heterocycles. The summed E-state index contributed by atoms with van der Waals surface area (Å²) in [5, 5.41) is 24.8. The van der Waals surface area contributed by atoms with Crippen LogP contribution in [-0.2, 0) is 14.3 Å². The highest BCUT2D eigenvalue weighted by molar-refractivity contribution is 9.11. The largest absolute Gasteiger partial charge is 0.465 e. The molecule has 0 spiro atoms. The Labute approximate surface area is 246 Å². The molecular formula is C25H14Br2N4O10. The third-order valence-electron chi connectivity index (χ3n) is 5.55. The second kappa shape index (κ2) is 11.6. The minimum Gasteiger partial charge on any atom is -0.465 e. The average Bonchev–Trinajstić information content (AvgIpc) is 2.92. The summed E-state index contributed by atoms with van der Waals surface area (Å²) < 4.78 is 11.1. The lowest BCUT2D eigenvalue weighted by molar-refractivity contribution is -0.394. The number of carbonyl (C=O) groups is 4. The van der Waals surface area contributed by atoms with E-state index in [9.17, 15) is 39.4 Å². The van der Waals surface area contributed by atoms with Crippen LogP contribution in [0.1, 0.15) is 15.9 Å². The molecule has 0 bridgehead atoms. The van der Waals surface area contributed by atoms with Crippen LogP contribution in [0.5, 0.6) is 11.5 Å². The number of benzene rings is 3. The molecule has 0 aromatic heterocycles. The van der Waals surface area contributed by atoms with Crippen molar-refractivity contribution in [2.24, 2.45) is 0 Å². The monoisotopic (exact) mass is 688 g/mol. The second-order valence-electron chi connectivity index (χ2n) is 8.07. The quantitative estimate of drug-likeness (QED) is 0.112. The van der Waals surface area contributed by atoms with Crippen LogP contribution in [0.2, 0.25) is 0 Å². The van der Waals surface area contributed by atoms with Crippen LogP contribution in [0.3, 0.4) is 0 Å². The van der Waals surface area contributed by atoms with Crippen molar-refractivity contribution in [1.82, 2.24) is 5.32 Å². The van der Waals surface area contributed by atoms with Crippen LogP contribution in [0.4, 0.5) is 21.9 Å². The maximum absolute atomic E-state index is 13.4. The Morgan fingerprint density at radius 3 is 2.27 bits per heavy atom. The van der Waals surface area contributed by atoms with Gasteiger partial charge in [-0.15, -0.1) is 0 Å². The number of esters is 1. The molecule has 0 saturated carbocycles. The number of hydrogen-bond acceptors (Lipinski definition) is 10. The summed E-state index contributed by atoms with van der Waals surface area (Å²) in [7, 11) is 1.19. The Morgan fingerprint density at radius 2 is 1.66 bits per heavy atom. The van der Waals surface area contributed by atoms with Crippen molar-refractivity contribution >= 4 is 78.8 Å². The molecule has 4 amide bonds. The SMILES string of the molecule is COC(=O)c1ccc(N2C(=O)NC(=O)/C(=C\c3cc(Br)cc(Br)c3Oc3ccc([N+](=O)[O-])cc3[N+](=O)[O-])C2=O)cc1. The number of carbonyl (C=O) groups excluding carboxylic acids is 4. The van der Waals surface area contributed by atoms with Gasteiger partial charge in [-0.1, -0.05) is 15.9 Å². The van der Waals surface area contributed by atoms with Gasteiger partial charge in [0, 0.05) is 16.1 Å². The van der Waals surface area contributed by atoms with Gasteiger partial charge in [0.15, 0.2) is 0 Å². The van der Waals surface area contributed by atoms with Crippen molar-refractivity contribution in [2.75, 3.05) is 12.0 Å². The number of nitro benzene ring substituents is 2. The van der Waals surface area contributed by atoms with Crippen molar-refractivity contribution in [2.45, 2.75) is 0 Å². The zero-order valence-corrected chi connectivity index (χ0v) is 23.6. The van der Waals surface area contributed by atoms with Gasteiger partial charge in [0.05, 0.1) is 38.7 Å². The molecule has 14 nitrogen and oxygen atoms in total. The van der Waals surface area contributed by atoms with E-state index < -0.39 is 50.6 Å². The molecule has 4 rings (SSSR count). The fraction of sp³-hybridized carbons (Fsp3) is 0.0400. The highest BCUT2D eigenvalue weighted by Gasteiger charge is 2.37. The Kier molecular flexibility index (Phi) is 8.25. The number of nitrogens with one attached hydrogen (secondary N) is 1. The minimum absolute atomic E-state index is 0.0481. The Hall–Kier alpha value is -4.96. The van der Waals surface area contributed by atoms with E-state index in [4.69, 9.17) is 4.74 Å². The molecular weight excluding hydrogens is 676 g/mol. The molecule has 1 aliphatic rings. The van der Waals surface area contributed by atoms with Crippen molar-refractivity contribution < 1.29 is 38.5 Å². The first-order valence-corrected chi connectivity index (χ1v) is 12.7. The van der Waals surface area contributed by atoms with Crippen LogP contribution in [-0.4, -0.2) is 40.8 Å². The molecule has 3 aromatic carbocycles. The van der Waals surface area contributed by atoms with E-state index in [0.717, 1.165) is 24.3 Å². The van der Waals surface area contributed by atoms with E-state index in [1.807, 2.05) is 0 Å². The van der Waals surface area contributed by atoms with Gasteiger partial charge in [-0.25, -0.2) is 14.5 Å². The molecule has 41 heavy (non-hydrogen) atoms. The minimum atomic E-state index is -1.03. The van der Waals surface area contributed by atoms with E-state index in [1.54, 1.807) is 0 Å². The summed E-state index contributed by atoms with van der Waals surface area (Å²) in [5.41, 5.74) is -1.44. The Morgan fingerprint density at radius 1 is 0.976 bits per heavy atom. The van der Waals surface area contributed by atoms with Gasteiger partial charge in [0.25, 0.3) is 17.5 Å².